The highest BCUT2D eigenvalue weighted by Crippen LogP contribution is 2.26. The van der Waals surface area contributed by atoms with E-state index in [-0.39, 0.29) is 0 Å². The van der Waals surface area contributed by atoms with Gasteiger partial charge in [0, 0.05) is 18.2 Å². The average Bonchev–Trinajstić information content (AvgIpc) is 2.82. The second-order valence-electron chi connectivity index (χ2n) is 4.83. The van der Waals surface area contributed by atoms with Crippen molar-refractivity contribution in [2.75, 3.05) is 5.32 Å². The molecule has 1 aliphatic carbocycles. The highest BCUT2D eigenvalue weighted by molar-refractivity contribution is 5.90. The third kappa shape index (κ3) is 3.45. The third-order valence-electron chi connectivity index (χ3n) is 3.40. The molecule has 2 atom stereocenters. The zero-order chi connectivity index (χ0) is 15.6. The molecule has 3 N–H and O–H groups in total. The molecule has 1 aliphatic rings. The molecule has 2 amide bonds. The van der Waals surface area contributed by atoms with Crippen LogP contribution in [0.4, 0.5) is 23.7 Å². The van der Waals surface area contributed by atoms with Crippen molar-refractivity contribution in [3.8, 4) is 0 Å². The Bertz CT molecular complexity index is 557. The number of halogens is 3. The first-order chi connectivity index (χ1) is 9.88. The predicted octanol–water partition coefficient (Wildman–Crippen LogP) is 2.48. The smallest absolute Gasteiger partial charge is 0.319 e. The van der Waals surface area contributed by atoms with Crippen LogP contribution in [-0.2, 0) is 4.79 Å². The summed E-state index contributed by atoms with van der Waals surface area (Å²) in [6.07, 6.45) is 1.54. The number of carboxylic acid groups (broad SMARTS) is 1. The van der Waals surface area contributed by atoms with Gasteiger partial charge in [-0.15, -0.1) is 0 Å². The number of hydrogen-bond donors (Lipinski definition) is 3. The van der Waals surface area contributed by atoms with Crippen molar-refractivity contribution in [1.82, 2.24) is 5.32 Å². The summed E-state index contributed by atoms with van der Waals surface area (Å²) in [5.41, 5.74) is -0.779. The maximum absolute atomic E-state index is 13.4. The minimum atomic E-state index is -1.25. The molecule has 8 heteroatoms. The molecule has 5 nitrogen and oxygen atoms in total. The van der Waals surface area contributed by atoms with E-state index in [0.29, 0.717) is 31.4 Å². The van der Waals surface area contributed by atoms with Crippen LogP contribution in [0.3, 0.4) is 0 Å². The lowest BCUT2D eigenvalue weighted by Crippen LogP contribution is -2.42. The Morgan fingerprint density at radius 2 is 1.76 bits per heavy atom. The minimum absolute atomic E-state index is 0.430. The molecule has 114 valence electrons. The average molecular weight is 302 g/mol. The topological polar surface area (TPSA) is 78.4 Å². The van der Waals surface area contributed by atoms with Gasteiger partial charge in [-0.3, -0.25) is 4.79 Å². The van der Waals surface area contributed by atoms with E-state index >= 15 is 0 Å². The van der Waals surface area contributed by atoms with Gasteiger partial charge >= 0.3 is 12.0 Å². The Hall–Kier alpha value is -2.25. The molecular weight excluding hydrogens is 289 g/mol. The molecule has 0 radical (unpaired) electrons. The van der Waals surface area contributed by atoms with Gasteiger partial charge in [0.15, 0.2) is 11.6 Å². The van der Waals surface area contributed by atoms with Gasteiger partial charge in [-0.1, -0.05) is 6.42 Å². The molecule has 0 spiro atoms. The van der Waals surface area contributed by atoms with Crippen LogP contribution in [0.15, 0.2) is 12.1 Å². The van der Waals surface area contributed by atoms with Crippen molar-refractivity contribution in [3.63, 3.8) is 0 Å². The molecule has 0 aromatic heterocycles. The van der Waals surface area contributed by atoms with Crippen molar-refractivity contribution < 1.29 is 27.9 Å². The van der Waals surface area contributed by atoms with Crippen molar-refractivity contribution in [3.05, 3.63) is 29.6 Å². The van der Waals surface area contributed by atoms with Gasteiger partial charge in [-0.25, -0.2) is 18.0 Å². The lowest BCUT2D eigenvalue weighted by Gasteiger charge is -2.18. The lowest BCUT2D eigenvalue weighted by molar-refractivity contribution is -0.142. The first-order valence-electron chi connectivity index (χ1n) is 6.33. The van der Waals surface area contributed by atoms with Crippen molar-refractivity contribution >= 4 is 17.7 Å². The largest absolute Gasteiger partial charge is 0.481 e. The predicted molar refractivity (Wildman–Crippen MR) is 67.2 cm³/mol. The van der Waals surface area contributed by atoms with E-state index < -0.39 is 47.1 Å². The second-order valence-corrected chi connectivity index (χ2v) is 4.83. The van der Waals surface area contributed by atoms with Gasteiger partial charge in [0.25, 0.3) is 0 Å². The van der Waals surface area contributed by atoms with Crippen LogP contribution in [0.2, 0.25) is 0 Å². The molecule has 0 aliphatic heterocycles. The molecular formula is C13H13F3N2O3. The molecule has 1 saturated carbocycles. The summed E-state index contributed by atoms with van der Waals surface area (Å²) < 4.78 is 39.5. The number of benzene rings is 1. The van der Waals surface area contributed by atoms with Crippen LogP contribution in [0.1, 0.15) is 19.3 Å². The summed E-state index contributed by atoms with van der Waals surface area (Å²) in [4.78, 5) is 22.6. The number of rotatable bonds is 3. The number of amides is 2. The molecule has 21 heavy (non-hydrogen) atoms. The molecule has 1 aromatic carbocycles. The quantitative estimate of drug-likeness (QED) is 0.802. The van der Waals surface area contributed by atoms with E-state index in [9.17, 15) is 22.8 Å². The number of hydrogen-bond acceptors (Lipinski definition) is 2. The van der Waals surface area contributed by atoms with E-state index in [4.69, 9.17) is 5.11 Å². The molecule has 0 saturated heterocycles. The fourth-order valence-electron chi connectivity index (χ4n) is 2.41. The Kier molecular flexibility index (Phi) is 4.35. The van der Waals surface area contributed by atoms with Crippen LogP contribution < -0.4 is 10.6 Å². The van der Waals surface area contributed by atoms with Crippen LogP contribution in [0, 0.1) is 23.4 Å². The summed E-state index contributed by atoms with van der Waals surface area (Å²) in [6.45, 7) is 0. The zero-order valence-electron chi connectivity index (χ0n) is 10.8. The first-order valence-corrected chi connectivity index (χ1v) is 6.33. The number of nitrogens with one attached hydrogen (secondary N) is 2. The number of urea groups is 1. The summed E-state index contributed by atoms with van der Waals surface area (Å²) in [7, 11) is 0. The summed E-state index contributed by atoms with van der Waals surface area (Å²) >= 11 is 0. The fourth-order valence-corrected chi connectivity index (χ4v) is 2.41. The molecule has 2 unspecified atom stereocenters. The van der Waals surface area contributed by atoms with Gasteiger partial charge in [-0.2, -0.15) is 0 Å². The summed E-state index contributed by atoms with van der Waals surface area (Å²) in [6, 6.07) is -0.658. The monoisotopic (exact) mass is 302 g/mol. The van der Waals surface area contributed by atoms with E-state index in [1.165, 1.54) is 0 Å². The number of carboxylic acids is 1. The van der Waals surface area contributed by atoms with E-state index in [1.54, 1.807) is 0 Å². The molecule has 1 aromatic rings. The summed E-state index contributed by atoms with van der Waals surface area (Å²) in [5, 5.41) is 13.3. The zero-order valence-corrected chi connectivity index (χ0v) is 10.8. The van der Waals surface area contributed by atoms with Crippen molar-refractivity contribution in [2.45, 2.75) is 25.3 Å². The van der Waals surface area contributed by atoms with Gasteiger partial charge < -0.3 is 15.7 Å². The second kappa shape index (κ2) is 6.02. The van der Waals surface area contributed by atoms with E-state index in [1.807, 2.05) is 5.32 Å². The Morgan fingerprint density at radius 3 is 2.33 bits per heavy atom. The summed E-state index contributed by atoms with van der Waals surface area (Å²) in [5.74, 6) is -5.35. The highest BCUT2D eigenvalue weighted by Gasteiger charge is 2.34. The number of anilines is 1. The fraction of sp³-hybridized carbons (Fsp3) is 0.385. The molecule has 0 bridgehead atoms. The Balaban J connectivity index is 2.04. The van der Waals surface area contributed by atoms with Crippen LogP contribution in [-0.4, -0.2) is 23.1 Å². The third-order valence-corrected chi connectivity index (χ3v) is 3.40. The number of aliphatic carboxylic acids is 1. The van der Waals surface area contributed by atoms with Gasteiger partial charge in [0.05, 0.1) is 5.92 Å². The molecule has 1 fully saturated rings. The SMILES string of the molecule is O=C(Nc1c(F)cc(F)cc1F)NC1CCCC1C(=O)O. The van der Waals surface area contributed by atoms with E-state index in [2.05, 4.69) is 5.32 Å². The van der Waals surface area contributed by atoms with Gasteiger partial charge in [0.2, 0.25) is 0 Å². The van der Waals surface area contributed by atoms with Crippen LogP contribution >= 0.6 is 0 Å². The number of carbonyl (C=O) groups excluding carboxylic acids is 1. The lowest BCUT2D eigenvalue weighted by atomic mass is 10.0. The normalized spacial score (nSPS) is 21.1. The highest BCUT2D eigenvalue weighted by atomic mass is 19.1. The Labute approximate surface area is 118 Å². The van der Waals surface area contributed by atoms with Gasteiger partial charge in [-0.05, 0) is 12.8 Å². The Morgan fingerprint density at radius 1 is 1.14 bits per heavy atom. The molecule has 0 heterocycles. The maximum atomic E-state index is 13.4. The van der Waals surface area contributed by atoms with Crippen molar-refractivity contribution in [1.29, 1.82) is 0 Å². The number of carbonyl (C=O) groups is 2. The maximum Gasteiger partial charge on any atom is 0.319 e. The van der Waals surface area contributed by atoms with Crippen molar-refractivity contribution in [2.24, 2.45) is 5.92 Å². The van der Waals surface area contributed by atoms with Gasteiger partial charge in [0.1, 0.15) is 11.5 Å². The van der Waals surface area contributed by atoms with E-state index in [0.717, 1.165) is 0 Å². The standard InChI is InChI=1S/C13H13F3N2O3/c14-6-4-8(15)11(9(16)5-6)18-13(21)17-10-3-1-2-7(10)12(19)20/h4-5,7,10H,1-3H2,(H,19,20)(H2,17,18,21). The van der Waals surface area contributed by atoms with Crippen LogP contribution in [0.25, 0.3) is 0 Å². The minimum Gasteiger partial charge on any atom is -0.481 e. The molecule has 2 rings (SSSR count). The van der Waals surface area contributed by atoms with Crippen LogP contribution in [0.5, 0.6) is 0 Å². The first kappa shape index (κ1) is 15.1.